The summed E-state index contributed by atoms with van der Waals surface area (Å²) >= 11 is 0. The summed E-state index contributed by atoms with van der Waals surface area (Å²) in [5.74, 6) is 0. The molecule has 8 heteroatoms. The van der Waals surface area contributed by atoms with Gasteiger partial charge >= 0.3 is 15.2 Å². The Hall–Kier alpha value is 0.300. The van der Waals surface area contributed by atoms with E-state index >= 15 is 0 Å². The van der Waals surface area contributed by atoms with Crippen molar-refractivity contribution in [1.82, 2.24) is 0 Å². The molecule has 0 saturated carbocycles. The maximum absolute atomic E-state index is 10.8. The zero-order valence-electron chi connectivity index (χ0n) is 8.61. The van der Waals surface area contributed by atoms with E-state index in [1.54, 1.807) is 0 Å². The van der Waals surface area contributed by atoms with Crippen molar-refractivity contribution in [2.45, 2.75) is 44.4 Å². The van der Waals surface area contributed by atoms with Crippen molar-refractivity contribution in [1.29, 1.82) is 0 Å². The Bertz CT molecular complexity index is 245. The van der Waals surface area contributed by atoms with Crippen molar-refractivity contribution in [2.24, 2.45) is 0 Å². The van der Waals surface area contributed by atoms with E-state index in [9.17, 15) is 9.13 Å². The topological polar surface area (TPSA) is 115 Å². The van der Waals surface area contributed by atoms with Crippen LogP contribution in [-0.2, 0) is 9.13 Å². The van der Waals surface area contributed by atoms with Gasteiger partial charge in [-0.2, -0.15) is 0 Å². The molecule has 0 fully saturated rings. The van der Waals surface area contributed by atoms with Crippen LogP contribution in [0.5, 0.6) is 0 Å². The van der Waals surface area contributed by atoms with Crippen LogP contribution in [-0.4, -0.2) is 25.0 Å². The quantitative estimate of drug-likeness (QED) is 0.408. The molecule has 0 amide bonds. The molecular weight excluding hydrogens is 242 g/mol. The van der Waals surface area contributed by atoms with Crippen LogP contribution in [0.15, 0.2) is 0 Å². The molecule has 0 aromatic carbocycles. The first kappa shape index (κ1) is 15.3. The van der Waals surface area contributed by atoms with Gasteiger partial charge in [0.25, 0.3) is 0 Å². The van der Waals surface area contributed by atoms with E-state index in [0.29, 0.717) is 6.42 Å². The predicted octanol–water partition coefficient (Wildman–Crippen LogP) is 1.64. The largest absolute Gasteiger partial charge is 0.340 e. The van der Waals surface area contributed by atoms with Crippen molar-refractivity contribution in [3.8, 4) is 0 Å². The van der Waals surface area contributed by atoms with Gasteiger partial charge in [-0.3, -0.25) is 9.13 Å². The molecule has 15 heavy (non-hydrogen) atoms. The summed E-state index contributed by atoms with van der Waals surface area (Å²) in [5.41, 5.74) is 0. The summed E-state index contributed by atoms with van der Waals surface area (Å²) < 4.78 is 21.7. The molecule has 0 heterocycles. The fraction of sp³-hybridized carbons (Fsp3) is 1.00. The summed E-state index contributed by atoms with van der Waals surface area (Å²) in [4.78, 5) is 35.2. The van der Waals surface area contributed by atoms with Crippen molar-refractivity contribution < 1.29 is 28.7 Å². The molecule has 0 aromatic heterocycles. The van der Waals surface area contributed by atoms with Crippen LogP contribution < -0.4 is 0 Å². The van der Waals surface area contributed by atoms with Crippen LogP contribution in [0.2, 0.25) is 0 Å². The van der Waals surface area contributed by atoms with Gasteiger partial charge in [0.05, 0.1) is 0 Å². The van der Waals surface area contributed by atoms with Gasteiger partial charge in [-0.05, 0) is 6.42 Å². The Balaban J connectivity index is 4.30. The number of hydrogen-bond donors (Lipinski definition) is 4. The van der Waals surface area contributed by atoms with Gasteiger partial charge in [0.1, 0.15) is 0 Å². The Morgan fingerprint density at radius 2 is 1.40 bits per heavy atom. The third-order valence-corrected chi connectivity index (χ3v) is 5.97. The van der Waals surface area contributed by atoms with E-state index in [0.717, 1.165) is 19.3 Å². The van der Waals surface area contributed by atoms with Crippen molar-refractivity contribution in [3.63, 3.8) is 0 Å². The molecule has 92 valence electrons. The minimum absolute atomic E-state index is 0.130. The van der Waals surface area contributed by atoms with Gasteiger partial charge in [0.2, 0.25) is 0 Å². The number of rotatable bonds is 7. The molecular formula is C7H18O6P2. The second-order valence-corrected chi connectivity index (χ2v) is 7.52. The molecule has 6 nitrogen and oxygen atoms in total. The normalized spacial score (nSPS) is 13.5. The molecule has 4 N–H and O–H groups in total. The van der Waals surface area contributed by atoms with Crippen LogP contribution in [0.4, 0.5) is 0 Å². The first-order valence-corrected chi connectivity index (χ1v) is 8.16. The second-order valence-electron chi connectivity index (χ2n) is 3.51. The van der Waals surface area contributed by atoms with Gasteiger partial charge in [-0.25, -0.2) is 0 Å². The molecule has 0 aliphatic heterocycles. The Kier molecular flexibility index (Phi) is 6.26. The SMILES string of the molecule is CCCCCCC(P(=O)(O)O)P(=O)(O)O. The first-order chi connectivity index (χ1) is 6.69. The molecule has 0 aliphatic carbocycles. The lowest BCUT2D eigenvalue weighted by atomic mass is 10.2. The van der Waals surface area contributed by atoms with Gasteiger partial charge in [0, 0.05) is 0 Å². The summed E-state index contributed by atoms with van der Waals surface area (Å²) in [5, 5.41) is -1.83. The van der Waals surface area contributed by atoms with Crippen LogP contribution in [0.1, 0.15) is 39.0 Å². The molecule has 0 spiro atoms. The summed E-state index contributed by atoms with van der Waals surface area (Å²) in [6.07, 6.45) is 2.88. The van der Waals surface area contributed by atoms with Gasteiger partial charge in [-0.15, -0.1) is 0 Å². The van der Waals surface area contributed by atoms with Crippen LogP contribution in [0, 0.1) is 0 Å². The first-order valence-electron chi connectivity index (χ1n) is 4.80. The van der Waals surface area contributed by atoms with E-state index < -0.39 is 20.6 Å². The lowest BCUT2D eigenvalue weighted by Gasteiger charge is -2.19. The van der Waals surface area contributed by atoms with Gasteiger partial charge < -0.3 is 19.6 Å². The summed E-state index contributed by atoms with van der Waals surface area (Å²) in [7, 11) is -9.42. The minimum Gasteiger partial charge on any atom is -0.324 e. The maximum atomic E-state index is 10.8. The van der Waals surface area contributed by atoms with Crippen molar-refractivity contribution in [2.75, 3.05) is 0 Å². The van der Waals surface area contributed by atoms with E-state index in [1.165, 1.54) is 0 Å². The highest BCUT2D eigenvalue weighted by atomic mass is 31.2. The fourth-order valence-corrected chi connectivity index (χ4v) is 3.89. The molecule has 0 aliphatic rings. The van der Waals surface area contributed by atoms with E-state index in [4.69, 9.17) is 19.6 Å². The molecule has 0 aromatic rings. The van der Waals surface area contributed by atoms with Crippen LogP contribution in [0.3, 0.4) is 0 Å². The fourth-order valence-electron chi connectivity index (χ4n) is 1.29. The molecule has 0 atom stereocenters. The zero-order valence-corrected chi connectivity index (χ0v) is 10.4. The van der Waals surface area contributed by atoms with Crippen LogP contribution >= 0.6 is 15.2 Å². The monoisotopic (exact) mass is 260 g/mol. The third kappa shape index (κ3) is 6.46. The maximum Gasteiger partial charge on any atom is 0.340 e. The van der Waals surface area contributed by atoms with Crippen LogP contribution in [0.25, 0.3) is 0 Å². The Morgan fingerprint density at radius 3 is 1.73 bits per heavy atom. The smallest absolute Gasteiger partial charge is 0.324 e. The lowest BCUT2D eigenvalue weighted by molar-refractivity contribution is 0.333. The lowest BCUT2D eigenvalue weighted by Crippen LogP contribution is -2.09. The minimum atomic E-state index is -4.71. The van der Waals surface area contributed by atoms with Gasteiger partial charge in [-0.1, -0.05) is 32.6 Å². The third-order valence-electron chi connectivity index (χ3n) is 2.09. The highest BCUT2D eigenvalue weighted by Gasteiger charge is 2.42. The Morgan fingerprint density at radius 1 is 0.933 bits per heavy atom. The predicted molar refractivity (Wildman–Crippen MR) is 56.6 cm³/mol. The number of unbranched alkanes of at least 4 members (excludes halogenated alkanes) is 3. The number of hydrogen-bond acceptors (Lipinski definition) is 2. The highest BCUT2D eigenvalue weighted by molar-refractivity contribution is 7.70. The molecule has 0 unspecified atom stereocenters. The zero-order chi connectivity index (χ0) is 12.1. The van der Waals surface area contributed by atoms with Crippen molar-refractivity contribution >= 4 is 15.2 Å². The van der Waals surface area contributed by atoms with E-state index in [-0.39, 0.29) is 6.42 Å². The molecule has 0 saturated heterocycles. The van der Waals surface area contributed by atoms with Crippen molar-refractivity contribution in [3.05, 3.63) is 0 Å². The van der Waals surface area contributed by atoms with E-state index in [1.807, 2.05) is 6.92 Å². The highest BCUT2D eigenvalue weighted by Crippen LogP contribution is 2.61. The Labute approximate surface area is 89.0 Å². The second kappa shape index (κ2) is 6.14. The van der Waals surface area contributed by atoms with E-state index in [2.05, 4.69) is 0 Å². The summed E-state index contributed by atoms with van der Waals surface area (Å²) in [6, 6.07) is 0. The summed E-state index contributed by atoms with van der Waals surface area (Å²) in [6.45, 7) is 1.98. The average Bonchev–Trinajstić information content (AvgIpc) is 1.99. The molecule has 0 bridgehead atoms. The average molecular weight is 260 g/mol. The molecule has 0 rings (SSSR count). The standard InChI is InChI=1S/C7H18O6P2/c1-2-3-4-5-6-7(14(8,9)10)15(11,12)13/h7H,2-6H2,1H3,(H2,8,9,10)(H2,11,12,13). The molecule has 0 radical (unpaired) electrons. The van der Waals surface area contributed by atoms with Gasteiger partial charge in [0.15, 0.2) is 5.40 Å².